The Morgan fingerprint density at radius 1 is 1.38 bits per heavy atom. The largest absolute Gasteiger partial charge is 0.381 e. The van der Waals surface area contributed by atoms with E-state index >= 15 is 0 Å². The zero-order valence-corrected chi connectivity index (χ0v) is 7.74. The summed E-state index contributed by atoms with van der Waals surface area (Å²) in [7, 11) is 0. The zero-order valence-electron chi connectivity index (χ0n) is 6.99. The molecule has 0 saturated heterocycles. The molecule has 1 nitrogen and oxygen atoms in total. The van der Waals surface area contributed by atoms with E-state index in [1.54, 1.807) is 6.07 Å². The highest BCUT2D eigenvalue weighted by Crippen LogP contribution is 2.24. The summed E-state index contributed by atoms with van der Waals surface area (Å²) in [6.45, 7) is -0.0315. The second-order valence-electron chi connectivity index (χ2n) is 2.57. The molecule has 0 spiro atoms. The van der Waals surface area contributed by atoms with Crippen molar-refractivity contribution in [3.05, 3.63) is 29.0 Å². The van der Waals surface area contributed by atoms with Crippen LogP contribution in [0.1, 0.15) is 6.42 Å². The SMILES string of the molecule is FCCCNc1c(F)cccc1Cl. The topological polar surface area (TPSA) is 12.0 Å². The number of benzene rings is 1. The number of alkyl halides is 1. The lowest BCUT2D eigenvalue weighted by Crippen LogP contribution is -2.04. The Kier molecular flexibility index (Phi) is 3.96. The highest BCUT2D eigenvalue weighted by atomic mass is 35.5. The van der Waals surface area contributed by atoms with Gasteiger partial charge < -0.3 is 5.32 Å². The van der Waals surface area contributed by atoms with Crippen LogP contribution >= 0.6 is 11.6 Å². The van der Waals surface area contributed by atoms with E-state index in [0.717, 1.165) is 0 Å². The second kappa shape index (κ2) is 5.02. The lowest BCUT2D eigenvalue weighted by atomic mass is 10.3. The number of hydrogen-bond donors (Lipinski definition) is 1. The van der Waals surface area contributed by atoms with Crippen molar-refractivity contribution in [1.29, 1.82) is 0 Å². The molecule has 0 radical (unpaired) electrons. The number of halogens is 3. The fourth-order valence-corrected chi connectivity index (χ4v) is 1.18. The molecule has 0 aromatic heterocycles. The predicted octanol–water partition coefficient (Wildman–Crippen LogP) is 3.25. The predicted molar refractivity (Wildman–Crippen MR) is 50.5 cm³/mol. The Hall–Kier alpha value is -0.830. The van der Waals surface area contributed by atoms with Crippen LogP contribution in [0.25, 0.3) is 0 Å². The molecular weight excluding hydrogens is 196 g/mol. The van der Waals surface area contributed by atoms with Gasteiger partial charge in [-0.15, -0.1) is 0 Å². The fraction of sp³-hybridized carbons (Fsp3) is 0.333. The van der Waals surface area contributed by atoms with Gasteiger partial charge >= 0.3 is 0 Å². The van der Waals surface area contributed by atoms with E-state index in [0.29, 0.717) is 18.0 Å². The third-order valence-corrected chi connectivity index (χ3v) is 1.89. The quantitative estimate of drug-likeness (QED) is 0.744. The smallest absolute Gasteiger partial charge is 0.147 e. The Morgan fingerprint density at radius 2 is 2.15 bits per heavy atom. The Morgan fingerprint density at radius 3 is 2.77 bits per heavy atom. The minimum Gasteiger partial charge on any atom is -0.381 e. The van der Waals surface area contributed by atoms with Crippen molar-refractivity contribution in [3.8, 4) is 0 Å². The first kappa shape index (κ1) is 10.3. The molecule has 1 aromatic carbocycles. The monoisotopic (exact) mass is 205 g/mol. The highest BCUT2D eigenvalue weighted by Gasteiger charge is 2.04. The van der Waals surface area contributed by atoms with Crippen LogP contribution in [0.5, 0.6) is 0 Å². The molecule has 0 amide bonds. The molecule has 0 fully saturated rings. The first-order valence-electron chi connectivity index (χ1n) is 3.99. The van der Waals surface area contributed by atoms with Crippen molar-refractivity contribution in [1.82, 2.24) is 0 Å². The molecular formula is C9H10ClF2N. The number of rotatable bonds is 4. The molecule has 0 heterocycles. The second-order valence-corrected chi connectivity index (χ2v) is 2.97. The van der Waals surface area contributed by atoms with Gasteiger partial charge in [0.05, 0.1) is 17.4 Å². The standard InChI is InChI=1S/C9H10ClF2N/c10-7-3-1-4-8(12)9(7)13-6-2-5-11/h1,3-4,13H,2,5-6H2. The van der Waals surface area contributed by atoms with Gasteiger partial charge in [0.2, 0.25) is 0 Å². The summed E-state index contributed by atoms with van der Waals surface area (Å²) in [5.74, 6) is -0.411. The van der Waals surface area contributed by atoms with E-state index in [-0.39, 0.29) is 5.69 Å². The van der Waals surface area contributed by atoms with Crippen molar-refractivity contribution in [2.75, 3.05) is 18.5 Å². The number of anilines is 1. The minimum atomic E-state index is -0.418. The molecule has 0 aliphatic rings. The van der Waals surface area contributed by atoms with Gasteiger partial charge in [0, 0.05) is 6.54 Å². The highest BCUT2D eigenvalue weighted by molar-refractivity contribution is 6.33. The average molecular weight is 206 g/mol. The molecule has 0 atom stereocenters. The Bertz CT molecular complexity index is 258. The first-order valence-corrected chi connectivity index (χ1v) is 4.37. The van der Waals surface area contributed by atoms with E-state index in [1.165, 1.54) is 12.1 Å². The average Bonchev–Trinajstić information content (AvgIpc) is 2.10. The van der Waals surface area contributed by atoms with Crippen molar-refractivity contribution in [2.45, 2.75) is 6.42 Å². The normalized spacial score (nSPS) is 10.1. The lowest BCUT2D eigenvalue weighted by Gasteiger charge is -2.07. The van der Waals surface area contributed by atoms with Gasteiger partial charge in [-0.1, -0.05) is 17.7 Å². The Labute approximate surface area is 80.7 Å². The van der Waals surface area contributed by atoms with E-state index in [1.807, 2.05) is 0 Å². The van der Waals surface area contributed by atoms with Crippen molar-refractivity contribution in [2.24, 2.45) is 0 Å². The number of para-hydroxylation sites is 1. The molecule has 72 valence electrons. The molecule has 0 aliphatic heterocycles. The summed E-state index contributed by atoms with van der Waals surface area (Å²) in [6.07, 6.45) is 0.352. The van der Waals surface area contributed by atoms with Crippen LogP contribution in [0.15, 0.2) is 18.2 Å². The van der Waals surface area contributed by atoms with E-state index < -0.39 is 12.5 Å². The summed E-state index contributed by atoms with van der Waals surface area (Å²) in [5.41, 5.74) is 0.248. The number of hydrogen-bond acceptors (Lipinski definition) is 1. The van der Waals surface area contributed by atoms with Gasteiger partial charge in [-0.25, -0.2) is 4.39 Å². The summed E-state index contributed by atoms with van der Waals surface area (Å²) < 4.78 is 24.8. The third kappa shape index (κ3) is 2.84. The van der Waals surface area contributed by atoms with E-state index in [4.69, 9.17) is 11.6 Å². The maximum atomic E-state index is 13.0. The summed E-state index contributed by atoms with van der Waals surface area (Å²) in [5, 5.41) is 3.05. The molecule has 0 bridgehead atoms. The van der Waals surface area contributed by atoms with Crippen LogP contribution in [-0.2, 0) is 0 Å². The van der Waals surface area contributed by atoms with Crippen molar-refractivity contribution >= 4 is 17.3 Å². The molecule has 1 N–H and O–H groups in total. The minimum absolute atomic E-state index is 0.248. The van der Waals surface area contributed by atoms with Gasteiger partial charge in [0.1, 0.15) is 5.82 Å². The van der Waals surface area contributed by atoms with Gasteiger partial charge in [0.25, 0.3) is 0 Å². The van der Waals surface area contributed by atoms with Crippen LogP contribution in [-0.4, -0.2) is 13.2 Å². The molecule has 1 aromatic rings. The molecule has 4 heteroatoms. The zero-order chi connectivity index (χ0) is 9.68. The summed E-state index contributed by atoms with van der Waals surface area (Å²) >= 11 is 5.71. The van der Waals surface area contributed by atoms with Crippen LogP contribution in [0.2, 0.25) is 5.02 Å². The van der Waals surface area contributed by atoms with Gasteiger partial charge in [-0.05, 0) is 18.6 Å². The Balaban J connectivity index is 2.64. The number of nitrogens with one attached hydrogen (secondary N) is 1. The van der Waals surface area contributed by atoms with Gasteiger partial charge in [-0.2, -0.15) is 0 Å². The maximum absolute atomic E-state index is 13.0. The van der Waals surface area contributed by atoms with Crippen LogP contribution in [0.3, 0.4) is 0 Å². The first-order chi connectivity index (χ1) is 6.25. The van der Waals surface area contributed by atoms with E-state index in [2.05, 4.69) is 5.32 Å². The molecule has 13 heavy (non-hydrogen) atoms. The summed E-state index contributed by atoms with van der Waals surface area (Å²) in [6, 6.07) is 4.42. The third-order valence-electron chi connectivity index (χ3n) is 1.57. The summed E-state index contributed by atoms with van der Waals surface area (Å²) in [4.78, 5) is 0. The lowest BCUT2D eigenvalue weighted by molar-refractivity contribution is 0.480. The van der Waals surface area contributed by atoms with Crippen molar-refractivity contribution < 1.29 is 8.78 Å². The fourth-order valence-electron chi connectivity index (χ4n) is 0.947. The van der Waals surface area contributed by atoms with Crippen LogP contribution in [0.4, 0.5) is 14.5 Å². The molecule has 0 saturated carbocycles. The van der Waals surface area contributed by atoms with Gasteiger partial charge in [-0.3, -0.25) is 4.39 Å². The van der Waals surface area contributed by atoms with Gasteiger partial charge in [0.15, 0.2) is 0 Å². The van der Waals surface area contributed by atoms with E-state index in [9.17, 15) is 8.78 Å². The maximum Gasteiger partial charge on any atom is 0.147 e. The van der Waals surface area contributed by atoms with Crippen molar-refractivity contribution in [3.63, 3.8) is 0 Å². The molecule has 0 unspecified atom stereocenters. The van der Waals surface area contributed by atoms with Crippen LogP contribution < -0.4 is 5.32 Å². The van der Waals surface area contributed by atoms with Crippen LogP contribution in [0, 0.1) is 5.82 Å². The molecule has 1 rings (SSSR count). The molecule has 0 aliphatic carbocycles.